The summed E-state index contributed by atoms with van der Waals surface area (Å²) >= 11 is 0. The Morgan fingerprint density at radius 2 is 2.31 bits per heavy atom. The molecule has 0 bridgehead atoms. The molecule has 0 aromatic carbocycles. The summed E-state index contributed by atoms with van der Waals surface area (Å²) in [5, 5.41) is 11.7. The van der Waals surface area contributed by atoms with Crippen LogP contribution in [0.15, 0.2) is 18.5 Å². The number of anilines is 1. The topological polar surface area (TPSA) is 99.3 Å². The number of sulfone groups is 1. The molecule has 1 unspecified atom stereocenters. The van der Waals surface area contributed by atoms with Crippen LogP contribution in [-0.2, 0) is 14.6 Å². The van der Waals surface area contributed by atoms with E-state index in [4.69, 9.17) is 5.11 Å². The highest BCUT2D eigenvalue weighted by Gasteiger charge is 2.22. The van der Waals surface area contributed by atoms with Crippen molar-refractivity contribution < 1.29 is 18.3 Å². The summed E-state index contributed by atoms with van der Waals surface area (Å²) in [4.78, 5) is 13.6. The van der Waals surface area contributed by atoms with Crippen LogP contribution in [0.1, 0.15) is 0 Å². The van der Waals surface area contributed by atoms with Crippen LogP contribution in [0.5, 0.6) is 0 Å². The van der Waals surface area contributed by atoms with Crippen LogP contribution >= 0.6 is 0 Å². The van der Waals surface area contributed by atoms with Gasteiger partial charge in [-0.1, -0.05) is 0 Å². The Kier molecular flexibility index (Phi) is 3.94. The minimum absolute atomic E-state index is 0.0836. The highest BCUT2D eigenvalue weighted by Crippen LogP contribution is 2.07. The van der Waals surface area contributed by atoms with Crippen molar-refractivity contribution in [3.63, 3.8) is 0 Å². The maximum absolute atomic E-state index is 11.0. The molecule has 1 atom stereocenters. The molecule has 3 N–H and O–H groups in total. The zero-order valence-electron chi connectivity index (χ0n) is 8.80. The van der Waals surface area contributed by atoms with E-state index in [1.807, 2.05) is 0 Å². The molecule has 0 spiro atoms. The third-order valence-corrected chi connectivity index (χ3v) is 3.01. The van der Waals surface area contributed by atoms with E-state index in [1.165, 1.54) is 0 Å². The second kappa shape index (κ2) is 5.02. The lowest BCUT2D eigenvalue weighted by Gasteiger charge is -2.12. The van der Waals surface area contributed by atoms with Crippen molar-refractivity contribution in [1.82, 2.24) is 4.98 Å². The van der Waals surface area contributed by atoms with Gasteiger partial charge in [0.1, 0.15) is 9.84 Å². The molecule has 1 heterocycles. The number of aliphatic carboxylic acids is 1. The van der Waals surface area contributed by atoms with E-state index in [9.17, 15) is 13.2 Å². The van der Waals surface area contributed by atoms with Gasteiger partial charge in [-0.2, -0.15) is 0 Å². The summed E-state index contributed by atoms with van der Waals surface area (Å²) in [5.41, 5.74) is 0.736. The fourth-order valence-electron chi connectivity index (χ4n) is 1.26. The highest BCUT2D eigenvalue weighted by molar-refractivity contribution is 7.90. The molecule has 0 fully saturated rings. The van der Waals surface area contributed by atoms with Crippen LogP contribution in [0.25, 0.3) is 0 Å². The van der Waals surface area contributed by atoms with Crippen LogP contribution in [0.2, 0.25) is 0 Å². The Labute approximate surface area is 93.6 Å². The van der Waals surface area contributed by atoms with Crippen molar-refractivity contribution in [3.05, 3.63) is 18.5 Å². The van der Waals surface area contributed by atoms with Gasteiger partial charge in [-0.3, -0.25) is 4.79 Å². The predicted octanol–water partition coefficient (Wildman–Crippen LogP) is 0.172. The SMILES string of the molecule is CS(=O)(=O)CC(CNc1cc[nH]c1)C(=O)O. The van der Waals surface area contributed by atoms with Gasteiger partial charge in [-0.25, -0.2) is 8.42 Å². The minimum atomic E-state index is -3.29. The number of carbonyl (C=O) groups is 1. The van der Waals surface area contributed by atoms with Crippen molar-refractivity contribution in [2.45, 2.75) is 0 Å². The molecule has 1 aromatic rings. The second-order valence-electron chi connectivity index (χ2n) is 3.61. The fraction of sp³-hybridized carbons (Fsp3) is 0.444. The molecule has 0 aliphatic carbocycles. The Morgan fingerprint density at radius 3 is 2.75 bits per heavy atom. The zero-order valence-corrected chi connectivity index (χ0v) is 9.62. The van der Waals surface area contributed by atoms with Gasteiger partial charge in [0.05, 0.1) is 17.4 Å². The molecule has 0 aliphatic heterocycles. The summed E-state index contributed by atoms with van der Waals surface area (Å²) in [6.07, 6.45) is 4.38. The van der Waals surface area contributed by atoms with Crippen LogP contribution in [0.4, 0.5) is 5.69 Å². The number of aromatic amines is 1. The van der Waals surface area contributed by atoms with E-state index in [1.54, 1.807) is 18.5 Å². The molecule has 7 heteroatoms. The van der Waals surface area contributed by atoms with Gasteiger partial charge in [-0.15, -0.1) is 0 Å². The summed E-state index contributed by atoms with van der Waals surface area (Å²) in [7, 11) is -3.29. The summed E-state index contributed by atoms with van der Waals surface area (Å²) in [5.74, 6) is -2.42. The van der Waals surface area contributed by atoms with Gasteiger partial charge < -0.3 is 15.4 Å². The summed E-state index contributed by atoms with van der Waals surface area (Å²) < 4.78 is 22.0. The van der Waals surface area contributed by atoms with Gasteiger partial charge in [0, 0.05) is 25.2 Å². The quantitative estimate of drug-likeness (QED) is 0.664. The molecule has 0 saturated heterocycles. The van der Waals surface area contributed by atoms with Gasteiger partial charge in [0.2, 0.25) is 0 Å². The van der Waals surface area contributed by atoms with E-state index >= 15 is 0 Å². The largest absolute Gasteiger partial charge is 0.481 e. The highest BCUT2D eigenvalue weighted by atomic mass is 32.2. The fourth-order valence-corrected chi connectivity index (χ4v) is 2.25. The van der Waals surface area contributed by atoms with Gasteiger partial charge >= 0.3 is 5.97 Å². The van der Waals surface area contributed by atoms with Crippen LogP contribution in [-0.4, -0.2) is 43.0 Å². The standard InChI is InChI=1S/C9H14N2O4S/c1-16(14,15)6-7(9(12)13)4-11-8-2-3-10-5-8/h2-3,5,7,10-11H,4,6H2,1H3,(H,12,13). The lowest BCUT2D eigenvalue weighted by atomic mass is 10.2. The summed E-state index contributed by atoms with van der Waals surface area (Å²) in [6, 6.07) is 1.74. The zero-order chi connectivity index (χ0) is 12.2. The molecule has 16 heavy (non-hydrogen) atoms. The first-order valence-electron chi connectivity index (χ1n) is 4.65. The lowest BCUT2D eigenvalue weighted by molar-refractivity contribution is -0.140. The van der Waals surface area contributed by atoms with E-state index in [0.717, 1.165) is 11.9 Å². The van der Waals surface area contributed by atoms with Crippen LogP contribution in [0.3, 0.4) is 0 Å². The number of hydrogen-bond donors (Lipinski definition) is 3. The third-order valence-electron chi connectivity index (χ3n) is 2.00. The van der Waals surface area contributed by atoms with E-state index in [2.05, 4.69) is 10.3 Å². The first-order valence-corrected chi connectivity index (χ1v) is 6.72. The van der Waals surface area contributed by atoms with Crippen molar-refractivity contribution in [1.29, 1.82) is 0 Å². The molecule has 0 amide bonds. The molecular weight excluding hydrogens is 232 g/mol. The van der Waals surface area contributed by atoms with Gasteiger partial charge in [0.15, 0.2) is 0 Å². The molecule has 0 aliphatic rings. The number of nitrogens with one attached hydrogen (secondary N) is 2. The average Bonchev–Trinajstić information content (AvgIpc) is 2.62. The van der Waals surface area contributed by atoms with Gasteiger partial charge in [0.25, 0.3) is 0 Å². The third kappa shape index (κ3) is 4.35. The monoisotopic (exact) mass is 246 g/mol. The normalized spacial score (nSPS) is 13.3. The van der Waals surface area contributed by atoms with Crippen molar-refractivity contribution in [3.8, 4) is 0 Å². The minimum Gasteiger partial charge on any atom is -0.481 e. The maximum Gasteiger partial charge on any atom is 0.309 e. The number of hydrogen-bond acceptors (Lipinski definition) is 4. The maximum atomic E-state index is 11.0. The number of carboxylic acid groups (broad SMARTS) is 1. The predicted molar refractivity (Wildman–Crippen MR) is 60.1 cm³/mol. The van der Waals surface area contributed by atoms with Crippen molar-refractivity contribution in [2.75, 3.05) is 23.9 Å². The average molecular weight is 246 g/mol. The molecule has 6 nitrogen and oxygen atoms in total. The van der Waals surface area contributed by atoms with E-state index < -0.39 is 21.7 Å². The Balaban J connectivity index is 2.56. The van der Waals surface area contributed by atoms with Crippen molar-refractivity contribution in [2.24, 2.45) is 5.92 Å². The molecule has 0 saturated carbocycles. The Hall–Kier alpha value is -1.50. The summed E-state index contributed by atoms with van der Waals surface area (Å²) in [6.45, 7) is 0.0836. The molecule has 1 rings (SSSR count). The molecule has 90 valence electrons. The van der Waals surface area contributed by atoms with Crippen LogP contribution in [0, 0.1) is 5.92 Å². The number of aromatic nitrogens is 1. The number of rotatable bonds is 6. The van der Waals surface area contributed by atoms with E-state index in [0.29, 0.717) is 0 Å². The smallest absolute Gasteiger partial charge is 0.309 e. The van der Waals surface area contributed by atoms with Crippen LogP contribution < -0.4 is 5.32 Å². The molecular formula is C9H14N2O4S. The molecule has 0 radical (unpaired) electrons. The first kappa shape index (κ1) is 12.6. The molecule has 1 aromatic heterocycles. The van der Waals surface area contributed by atoms with Crippen molar-refractivity contribution >= 4 is 21.5 Å². The Morgan fingerprint density at radius 1 is 1.62 bits per heavy atom. The van der Waals surface area contributed by atoms with E-state index in [-0.39, 0.29) is 12.3 Å². The number of H-pyrrole nitrogens is 1. The lowest BCUT2D eigenvalue weighted by Crippen LogP contribution is -2.29. The number of carboxylic acids is 1. The van der Waals surface area contributed by atoms with Gasteiger partial charge in [-0.05, 0) is 6.07 Å². The first-order chi connectivity index (χ1) is 7.38. The second-order valence-corrected chi connectivity index (χ2v) is 5.79. The Bertz CT molecular complexity index is 438.